The van der Waals surface area contributed by atoms with E-state index in [9.17, 15) is 44.0 Å². The molecule has 2 aromatic carbocycles. The Kier molecular flexibility index (Phi) is 20.5. The van der Waals surface area contributed by atoms with Crippen LogP contribution in [0.2, 0.25) is 0 Å². The van der Waals surface area contributed by atoms with Crippen molar-refractivity contribution in [3.8, 4) is 5.75 Å². The summed E-state index contributed by atoms with van der Waals surface area (Å²) in [5.74, 6) is -6.08. The number of nitrogens with one attached hydrogen (secondary N) is 5. The summed E-state index contributed by atoms with van der Waals surface area (Å²) < 4.78 is 2.02. The maximum Gasteiger partial charge on any atom is 0.310 e. The zero-order chi connectivity index (χ0) is 54.6. The van der Waals surface area contributed by atoms with Gasteiger partial charge < -0.3 is 46.1 Å². The van der Waals surface area contributed by atoms with Gasteiger partial charge in [0.1, 0.15) is 42.3 Å². The summed E-state index contributed by atoms with van der Waals surface area (Å²) in [6.07, 6.45) is 7.10. The van der Waals surface area contributed by atoms with Gasteiger partial charge in [-0.2, -0.15) is 0 Å². The number of para-hydroxylation sites is 1. The van der Waals surface area contributed by atoms with Crippen LogP contribution in [-0.2, 0) is 51.9 Å². The van der Waals surface area contributed by atoms with Crippen molar-refractivity contribution < 1.29 is 43.6 Å². The summed E-state index contributed by atoms with van der Waals surface area (Å²) in [4.78, 5) is 116. The Labute approximate surface area is 429 Å². The Hall–Kier alpha value is -7.05. The summed E-state index contributed by atoms with van der Waals surface area (Å²) in [6, 6.07) is 2.19. The van der Waals surface area contributed by atoms with Gasteiger partial charge in [0.05, 0.1) is 10.5 Å². The van der Waals surface area contributed by atoms with Crippen LogP contribution >= 0.6 is 0 Å². The highest BCUT2D eigenvalue weighted by Gasteiger charge is 2.39. The minimum atomic E-state index is -1.50. The topological polar surface area (TPSA) is 254 Å². The molecule has 0 saturated carbocycles. The zero-order valence-corrected chi connectivity index (χ0v) is 44.5. The SMILES string of the molecule is C=CC(C)(C)n1cc(C[C@@H]2NC(=O)[C@H](C/C=C/C)NC(=O)C(CC(C)C)NC(=O)[C@H](CC(C)C)N(C)C(=O)[C@H](C)NC(=O)[C@H](Cc3ccc(O)c([N+](=O)[O-])c3)NC(=O)[C@H](CC(C)C)N(C)C2=O)c2ccccc21. The average Bonchev–Trinajstić information content (AvgIpc) is 3.70. The Morgan fingerprint density at radius 2 is 1.23 bits per heavy atom. The minimum Gasteiger partial charge on any atom is -0.502 e. The maximum absolute atomic E-state index is 15.3. The first-order valence-electron chi connectivity index (χ1n) is 25.1. The Morgan fingerprint density at radius 3 is 1.79 bits per heavy atom. The third kappa shape index (κ3) is 15.2. The first-order chi connectivity index (χ1) is 34.2. The average molecular weight is 1010 g/mol. The lowest BCUT2D eigenvalue weighted by atomic mass is 9.98. The third-order valence-corrected chi connectivity index (χ3v) is 13.2. The molecule has 1 unspecified atom stereocenters. The lowest BCUT2D eigenvalue weighted by Crippen LogP contribution is -2.60. The Balaban J connectivity index is 1.97. The molecule has 398 valence electrons. The summed E-state index contributed by atoms with van der Waals surface area (Å²) >= 11 is 0. The number of hydrogen-bond acceptors (Lipinski definition) is 10. The van der Waals surface area contributed by atoms with Crippen LogP contribution in [0.1, 0.15) is 106 Å². The molecule has 7 amide bonds. The van der Waals surface area contributed by atoms with Crippen molar-refractivity contribution in [1.29, 1.82) is 0 Å². The van der Waals surface area contributed by atoms with E-state index in [4.69, 9.17) is 0 Å². The Bertz CT molecular complexity index is 2550. The molecule has 6 N–H and O–H groups in total. The molecule has 1 aliphatic rings. The van der Waals surface area contributed by atoms with Crippen molar-refractivity contribution >= 4 is 57.9 Å². The molecule has 0 radical (unpaired) electrons. The van der Waals surface area contributed by atoms with Crippen LogP contribution in [0.4, 0.5) is 5.69 Å². The second-order valence-electron chi connectivity index (χ2n) is 21.0. The molecule has 73 heavy (non-hydrogen) atoms. The number of carbonyl (C=O) groups excluding carboxylic acids is 7. The van der Waals surface area contributed by atoms with Crippen LogP contribution in [-0.4, -0.2) is 122 Å². The number of phenolic OH excluding ortho intramolecular Hbond substituents is 1. The predicted molar refractivity (Wildman–Crippen MR) is 280 cm³/mol. The number of amides is 7. The number of nitrogens with zero attached hydrogens (tertiary/aromatic N) is 4. The number of fused-ring (bicyclic) bond motifs is 1. The van der Waals surface area contributed by atoms with Crippen molar-refractivity contribution in [3.63, 3.8) is 0 Å². The fraction of sp³-hybridized carbons (Fsp3) is 0.537. The number of benzene rings is 2. The van der Waals surface area contributed by atoms with Crippen molar-refractivity contribution in [2.45, 2.75) is 156 Å². The number of hydrogen-bond donors (Lipinski definition) is 6. The number of phenols is 1. The van der Waals surface area contributed by atoms with E-state index < -0.39 is 106 Å². The molecule has 7 atom stereocenters. The van der Waals surface area contributed by atoms with E-state index in [1.54, 1.807) is 25.2 Å². The number of allylic oxidation sites excluding steroid dienone is 2. The van der Waals surface area contributed by atoms with E-state index in [1.807, 2.05) is 90.4 Å². The summed E-state index contributed by atoms with van der Waals surface area (Å²) in [6.45, 7) is 22.3. The number of aromatic nitrogens is 1. The molecule has 1 aliphatic heterocycles. The van der Waals surface area contributed by atoms with Crippen molar-refractivity contribution in [1.82, 2.24) is 41.0 Å². The standard InChI is InChI=1S/C54H77N9O10/c1-14-16-20-38-47(65)59-41(29-36-30-62(54(10,11)15-2)42-21-18-17-19-37(36)42)53(71)61(13)45(26-33(7)8)51(69)58-40(27-35-22-23-46(64)43(28-35)63(72)73)48(66)55-34(9)52(70)60(12)44(25-32(5)6)50(68)57-39(24-31(3)4)49(67)56-38/h14-19,21-23,28,30-34,38-41,44-45,64H,2,20,24-27,29H2,1,3-13H3,(H,55,66)(H,56,67)(H,57,68)(H,58,69)(H,59,65)/b16-14+/t34-,38-,39?,40-,41-,44-,45-/m0/s1. The normalized spacial score (nSPS) is 22.8. The number of rotatable bonds is 15. The van der Waals surface area contributed by atoms with E-state index in [1.165, 1.54) is 36.9 Å². The molecule has 3 aromatic rings. The van der Waals surface area contributed by atoms with Crippen LogP contribution in [0.5, 0.6) is 5.75 Å². The molecular weight excluding hydrogens is 935 g/mol. The van der Waals surface area contributed by atoms with Gasteiger partial charge in [0.2, 0.25) is 41.4 Å². The van der Waals surface area contributed by atoms with Gasteiger partial charge in [-0.15, -0.1) is 6.58 Å². The van der Waals surface area contributed by atoms with Gasteiger partial charge in [-0.25, -0.2) is 0 Å². The second kappa shape index (κ2) is 25.6. The molecule has 19 nitrogen and oxygen atoms in total. The number of nitro benzene ring substituents is 1. The minimum absolute atomic E-state index is 0.0100. The van der Waals surface area contributed by atoms with Crippen LogP contribution in [0.3, 0.4) is 0 Å². The van der Waals surface area contributed by atoms with Gasteiger partial charge >= 0.3 is 5.69 Å². The number of aromatic hydroxyl groups is 1. The largest absolute Gasteiger partial charge is 0.502 e. The second-order valence-corrected chi connectivity index (χ2v) is 21.0. The summed E-state index contributed by atoms with van der Waals surface area (Å²) in [7, 11) is 2.84. The van der Waals surface area contributed by atoms with E-state index in [-0.39, 0.29) is 61.8 Å². The van der Waals surface area contributed by atoms with Crippen molar-refractivity contribution in [3.05, 3.63) is 94.7 Å². The molecular formula is C54H77N9O10. The van der Waals surface area contributed by atoms with Gasteiger partial charge in [-0.1, -0.05) is 84.0 Å². The van der Waals surface area contributed by atoms with Gasteiger partial charge in [0, 0.05) is 50.1 Å². The van der Waals surface area contributed by atoms with Gasteiger partial charge in [0.15, 0.2) is 5.75 Å². The molecule has 1 fully saturated rings. The number of nitro groups is 1. The Morgan fingerprint density at radius 1 is 0.712 bits per heavy atom. The number of likely N-dealkylation sites (N-methyl/N-ethyl adjacent to an activating group) is 2. The number of carbonyl (C=O) groups is 7. The smallest absolute Gasteiger partial charge is 0.310 e. The van der Waals surface area contributed by atoms with E-state index in [2.05, 4.69) is 33.2 Å². The molecule has 4 rings (SSSR count). The van der Waals surface area contributed by atoms with Crippen LogP contribution in [0.15, 0.2) is 73.5 Å². The molecule has 0 aliphatic carbocycles. The van der Waals surface area contributed by atoms with E-state index >= 15 is 4.79 Å². The first kappa shape index (κ1) is 58.5. The van der Waals surface area contributed by atoms with E-state index in [0.717, 1.165) is 23.0 Å². The monoisotopic (exact) mass is 1010 g/mol. The van der Waals surface area contributed by atoms with Crippen molar-refractivity contribution in [2.75, 3.05) is 14.1 Å². The quantitative estimate of drug-likeness (QED) is 0.0661. The fourth-order valence-corrected chi connectivity index (χ4v) is 8.99. The van der Waals surface area contributed by atoms with Gasteiger partial charge in [-0.3, -0.25) is 43.7 Å². The molecule has 0 bridgehead atoms. The highest BCUT2D eigenvalue weighted by Crippen LogP contribution is 2.31. The fourth-order valence-electron chi connectivity index (χ4n) is 8.99. The van der Waals surface area contributed by atoms with Crippen LogP contribution in [0.25, 0.3) is 10.9 Å². The van der Waals surface area contributed by atoms with Crippen LogP contribution in [0, 0.1) is 27.9 Å². The molecule has 2 heterocycles. The highest BCUT2D eigenvalue weighted by molar-refractivity contribution is 5.99. The molecule has 1 saturated heterocycles. The van der Waals surface area contributed by atoms with Crippen molar-refractivity contribution in [2.24, 2.45) is 17.8 Å². The molecule has 0 spiro atoms. The first-order valence-corrected chi connectivity index (χ1v) is 25.1. The lowest BCUT2D eigenvalue weighted by molar-refractivity contribution is -0.385. The predicted octanol–water partition coefficient (Wildman–Crippen LogP) is 5.18. The van der Waals surface area contributed by atoms with Gasteiger partial charge in [-0.05, 0) is 94.4 Å². The maximum atomic E-state index is 15.3. The van der Waals surface area contributed by atoms with Crippen LogP contribution < -0.4 is 26.6 Å². The summed E-state index contributed by atoms with van der Waals surface area (Å²) in [5.41, 5.74) is 0.486. The van der Waals surface area contributed by atoms with E-state index in [0.29, 0.717) is 5.56 Å². The molecule has 1 aromatic heterocycles. The summed E-state index contributed by atoms with van der Waals surface area (Å²) in [5, 5.41) is 37.0. The zero-order valence-electron chi connectivity index (χ0n) is 44.5. The third-order valence-electron chi connectivity index (χ3n) is 13.2. The lowest BCUT2D eigenvalue weighted by Gasteiger charge is -2.33. The van der Waals surface area contributed by atoms with Gasteiger partial charge in [0.25, 0.3) is 0 Å². The molecule has 19 heteroatoms. The highest BCUT2D eigenvalue weighted by atomic mass is 16.6.